The van der Waals surface area contributed by atoms with Crippen LogP contribution in [0.15, 0.2) is 23.0 Å². The first-order valence-electron chi connectivity index (χ1n) is 7.69. The van der Waals surface area contributed by atoms with E-state index in [1.807, 2.05) is 17.0 Å². The van der Waals surface area contributed by atoms with Crippen LogP contribution in [0, 0.1) is 11.8 Å². The molecule has 1 aromatic heterocycles. The van der Waals surface area contributed by atoms with Crippen molar-refractivity contribution in [2.75, 3.05) is 33.2 Å². The lowest BCUT2D eigenvalue weighted by Gasteiger charge is -2.19. The van der Waals surface area contributed by atoms with Crippen LogP contribution >= 0.6 is 0 Å². The molecule has 0 unspecified atom stereocenters. The van der Waals surface area contributed by atoms with Crippen LogP contribution in [0.5, 0.6) is 0 Å². The molecule has 3 heterocycles. The number of fused-ring (bicyclic) bond motifs is 2. The molecule has 22 heavy (non-hydrogen) atoms. The lowest BCUT2D eigenvalue weighted by molar-refractivity contribution is 0.0776. The Morgan fingerprint density at radius 1 is 1.14 bits per heavy atom. The fourth-order valence-corrected chi connectivity index (χ4v) is 3.93. The van der Waals surface area contributed by atoms with Gasteiger partial charge in [-0.3, -0.25) is 9.36 Å². The summed E-state index contributed by atoms with van der Waals surface area (Å²) in [6.07, 6.45) is 0. The van der Waals surface area contributed by atoms with Crippen molar-refractivity contribution in [1.82, 2.24) is 19.4 Å². The van der Waals surface area contributed by atoms with Crippen molar-refractivity contribution < 1.29 is 4.79 Å². The molecular weight excluding hydrogens is 280 g/mol. The molecule has 0 spiro atoms. The van der Waals surface area contributed by atoms with Crippen LogP contribution in [0.2, 0.25) is 0 Å². The molecule has 4 rings (SSSR count). The Labute approximate surface area is 128 Å². The Morgan fingerprint density at radius 3 is 2.50 bits per heavy atom. The molecule has 6 nitrogen and oxygen atoms in total. The molecule has 0 radical (unpaired) electrons. The maximum absolute atomic E-state index is 12.7. The summed E-state index contributed by atoms with van der Waals surface area (Å²) in [5.41, 5.74) is 2.05. The molecule has 0 bridgehead atoms. The lowest BCUT2D eigenvalue weighted by Crippen LogP contribution is -2.32. The smallest absolute Gasteiger partial charge is 0.326 e. The van der Waals surface area contributed by atoms with E-state index in [1.54, 1.807) is 17.7 Å². The fraction of sp³-hybridized carbons (Fsp3) is 0.500. The third-order valence-electron chi connectivity index (χ3n) is 5.11. The Hall–Kier alpha value is -2.08. The monoisotopic (exact) mass is 300 g/mol. The molecule has 2 atom stereocenters. The molecule has 1 amide bonds. The van der Waals surface area contributed by atoms with E-state index in [4.69, 9.17) is 0 Å². The maximum atomic E-state index is 12.7. The van der Waals surface area contributed by atoms with Crippen molar-refractivity contribution in [1.29, 1.82) is 0 Å². The number of aromatic nitrogens is 2. The van der Waals surface area contributed by atoms with Crippen molar-refractivity contribution in [3.63, 3.8) is 0 Å². The highest BCUT2D eigenvalue weighted by Crippen LogP contribution is 2.31. The van der Waals surface area contributed by atoms with E-state index in [1.165, 1.54) is 0 Å². The van der Waals surface area contributed by atoms with E-state index in [2.05, 4.69) is 16.9 Å². The second-order valence-corrected chi connectivity index (χ2v) is 6.67. The van der Waals surface area contributed by atoms with Crippen molar-refractivity contribution in [2.45, 2.75) is 0 Å². The Morgan fingerprint density at radius 2 is 1.82 bits per heavy atom. The Kier molecular flexibility index (Phi) is 2.91. The molecular formula is C16H20N4O2. The van der Waals surface area contributed by atoms with Gasteiger partial charge in [0.2, 0.25) is 0 Å². The quantitative estimate of drug-likeness (QED) is 0.834. The molecule has 116 valence electrons. The summed E-state index contributed by atoms with van der Waals surface area (Å²) in [6, 6.07) is 5.44. The number of carbonyl (C=O) groups is 1. The predicted molar refractivity (Wildman–Crippen MR) is 83.9 cm³/mol. The van der Waals surface area contributed by atoms with Gasteiger partial charge in [0.05, 0.1) is 11.0 Å². The van der Waals surface area contributed by atoms with Gasteiger partial charge in [0.15, 0.2) is 0 Å². The van der Waals surface area contributed by atoms with Gasteiger partial charge >= 0.3 is 5.69 Å². The number of aryl methyl sites for hydroxylation is 1. The van der Waals surface area contributed by atoms with Gasteiger partial charge in [0.25, 0.3) is 5.91 Å². The van der Waals surface area contributed by atoms with Crippen LogP contribution in [-0.4, -0.2) is 58.5 Å². The summed E-state index contributed by atoms with van der Waals surface area (Å²) in [6.45, 7) is 3.86. The average molecular weight is 300 g/mol. The summed E-state index contributed by atoms with van der Waals surface area (Å²) < 4.78 is 1.54. The molecule has 2 fully saturated rings. The topological polar surface area (TPSA) is 61.3 Å². The third-order valence-corrected chi connectivity index (χ3v) is 5.11. The van der Waals surface area contributed by atoms with Crippen molar-refractivity contribution in [2.24, 2.45) is 18.9 Å². The van der Waals surface area contributed by atoms with Crippen LogP contribution in [0.25, 0.3) is 11.0 Å². The van der Waals surface area contributed by atoms with E-state index in [9.17, 15) is 9.59 Å². The maximum Gasteiger partial charge on any atom is 0.326 e. The summed E-state index contributed by atoms with van der Waals surface area (Å²) in [5.74, 6) is 1.29. The fourth-order valence-electron chi connectivity index (χ4n) is 3.93. The average Bonchev–Trinajstić information content (AvgIpc) is 3.10. The number of aromatic amines is 1. The number of rotatable bonds is 1. The molecule has 2 aromatic rings. The number of benzene rings is 1. The SMILES string of the molecule is CN1C[C@@H]2CN(C(=O)c3ccc4[nH]c(=O)n(C)c4c3)C[C@@H]2C1. The summed E-state index contributed by atoms with van der Waals surface area (Å²) in [7, 11) is 3.86. The van der Waals surface area contributed by atoms with Gasteiger partial charge in [-0.15, -0.1) is 0 Å². The number of hydrogen-bond acceptors (Lipinski definition) is 3. The van der Waals surface area contributed by atoms with Gasteiger partial charge in [0, 0.05) is 38.8 Å². The number of hydrogen-bond donors (Lipinski definition) is 1. The minimum absolute atomic E-state index is 0.0765. The summed E-state index contributed by atoms with van der Waals surface area (Å²) in [4.78, 5) is 31.5. The van der Waals surface area contributed by atoms with Gasteiger partial charge < -0.3 is 14.8 Å². The van der Waals surface area contributed by atoms with E-state index in [0.29, 0.717) is 17.4 Å². The van der Waals surface area contributed by atoms with Crippen molar-refractivity contribution in [3.05, 3.63) is 34.2 Å². The first-order chi connectivity index (χ1) is 10.5. The molecule has 0 aliphatic carbocycles. The van der Waals surface area contributed by atoms with E-state index in [-0.39, 0.29) is 11.6 Å². The first-order valence-corrected chi connectivity index (χ1v) is 7.69. The number of amides is 1. The summed E-state index contributed by atoms with van der Waals surface area (Å²) >= 11 is 0. The lowest BCUT2D eigenvalue weighted by atomic mass is 10.0. The van der Waals surface area contributed by atoms with Crippen LogP contribution < -0.4 is 5.69 Å². The zero-order valence-electron chi connectivity index (χ0n) is 12.9. The highest BCUT2D eigenvalue weighted by Gasteiger charge is 2.40. The van der Waals surface area contributed by atoms with E-state index in [0.717, 1.165) is 37.2 Å². The Bertz CT molecular complexity index is 792. The van der Waals surface area contributed by atoms with Crippen LogP contribution in [-0.2, 0) is 7.05 Å². The molecule has 2 aliphatic heterocycles. The Balaban J connectivity index is 1.61. The van der Waals surface area contributed by atoms with Crippen molar-refractivity contribution in [3.8, 4) is 0 Å². The normalized spacial score (nSPS) is 25.1. The zero-order chi connectivity index (χ0) is 15.4. The van der Waals surface area contributed by atoms with Crippen LogP contribution in [0.4, 0.5) is 0 Å². The number of nitrogens with zero attached hydrogens (tertiary/aromatic N) is 3. The van der Waals surface area contributed by atoms with Gasteiger partial charge in [-0.05, 0) is 37.1 Å². The first kappa shape index (κ1) is 13.6. The number of H-pyrrole nitrogens is 1. The van der Waals surface area contributed by atoms with Crippen LogP contribution in [0.1, 0.15) is 10.4 Å². The second-order valence-electron chi connectivity index (χ2n) is 6.67. The third kappa shape index (κ3) is 1.98. The van der Waals surface area contributed by atoms with Gasteiger partial charge in [-0.1, -0.05) is 0 Å². The number of nitrogens with one attached hydrogen (secondary N) is 1. The highest BCUT2D eigenvalue weighted by molar-refractivity contribution is 5.97. The van der Waals surface area contributed by atoms with Gasteiger partial charge in [0.1, 0.15) is 0 Å². The molecule has 6 heteroatoms. The highest BCUT2D eigenvalue weighted by atomic mass is 16.2. The minimum Gasteiger partial charge on any atom is -0.338 e. The molecule has 2 aliphatic rings. The second kappa shape index (κ2) is 4.71. The minimum atomic E-state index is -0.154. The number of carbonyl (C=O) groups excluding carboxylic acids is 1. The summed E-state index contributed by atoms with van der Waals surface area (Å²) in [5, 5.41) is 0. The molecule has 2 saturated heterocycles. The standard InChI is InChI=1S/C16H20N4O2/c1-18-6-11-8-20(9-12(11)7-18)15(21)10-3-4-13-14(5-10)19(2)16(22)17-13/h3-5,11-12H,6-9H2,1-2H3,(H,17,22)/t11-,12+. The number of likely N-dealkylation sites (tertiary alicyclic amines) is 2. The molecule has 0 saturated carbocycles. The van der Waals surface area contributed by atoms with Crippen LogP contribution in [0.3, 0.4) is 0 Å². The van der Waals surface area contributed by atoms with E-state index >= 15 is 0 Å². The largest absolute Gasteiger partial charge is 0.338 e. The molecule has 1 aromatic carbocycles. The van der Waals surface area contributed by atoms with Gasteiger partial charge in [-0.2, -0.15) is 0 Å². The van der Waals surface area contributed by atoms with Gasteiger partial charge in [-0.25, -0.2) is 4.79 Å². The van der Waals surface area contributed by atoms with Crippen molar-refractivity contribution >= 4 is 16.9 Å². The zero-order valence-corrected chi connectivity index (χ0v) is 12.9. The predicted octanol–water partition coefficient (Wildman–Crippen LogP) is 0.500. The van der Waals surface area contributed by atoms with E-state index < -0.39 is 0 Å². The molecule has 1 N–H and O–H groups in total. The number of imidazole rings is 1.